The maximum absolute atomic E-state index is 10.1. The topological polar surface area (TPSA) is 42.4 Å². The summed E-state index contributed by atoms with van der Waals surface area (Å²) in [6.07, 6.45) is 0.492. The predicted molar refractivity (Wildman–Crippen MR) is 67.9 cm³/mol. The fourth-order valence-electron chi connectivity index (χ4n) is 1.96. The molecular formula is C14H17NO2. The molecule has 0 aliphatic rings. The molecule has 2 aromatic rings. The molecule has 1 aromatic heterocycles. The van der Waals surface area contributed by atoms with Crippen molar-refractivity contribution in [3.05, 3.63) is 42.1 Å². The van der Waals surface area contributed by atoms with E-state index in [1.54, 1.807) is 14.0 Å². The van der Waals surface area contributed by atoms with E-state index in [9.17, 15) is 5.11 Å². The van der Waals surface area contributed by atoms with Gasteiger partial charge in [0.2, 0.25) is 0 Å². The van der Waals surface area contributed by atoms with Crippen molar-refractivity contribution >= 4 is 10.9 Å². The number of aromatic nitrogens is 1. The van der Waals surface area contributed by atoms with Crippen LogP contribution in [0.5, 0.6) is 0 Å². The maximum atomic E-state index is 10.1. The fourth-order valence-corrected chi connectivity index (χ4v) is 1.96. The molecule has 0 saturated carbocycles. The normalized spacial score (nSPS) is 14.8. The van der Waals surface area contributed by atoms with Crippen LogP contribution in [0.2, 0.25) is 0 Å². The lowest BCUT2D eigenvalue weighted by molar-refractivity contribution is -0.0166. The molecule has 2 rings (SSSR count). The minimum atomic E-state index is -0.871. The van der Waals surface area contributed by atoms with Crippen molar-refractivity contribution < 1.29 is 9.84 Å². The van der Waals surface area contributed by atoms with Crippen LogP contribution in [0, 0.1) is 0 Å². The molecule has 3 nitrogen and oxygen atoms in total. The van der Waals surface area contributed by atoms with E-state index in [1.165, 1.54) is 0 Å². The average molecular weight is 231 g/mol. The van der Waals surface area contributed by atoms with E-state index < -0.39 is 5.60 Å². The first-order valence-corrected chi connectivity index (χ1v) is 5.67. The second-order valence-corrected chi connectivity index (χ2v) is 4.60. The number of fused-ring (bicyclic) bond motifs is 1. The second-order valence-electron chi connectivity index (χ2n) is 4.60. The molecule has 17 heavy (non-hydrogen) atoms. The molecule has 0 bridgehead atoms. The Morgan fingerprint density at radius 1 is 1.24 bits per heavy atom. The summed E-state index contributed by atoms with van der Waals surface area (Å²) in [5.74, 6) is 0. The molecule has 1 N–H and O–H groups in total. The van der Waals surface area contributed by atoms with Gasteiger partial charge in [0.05, 0.1) is 17.7 Å². The molecule has 0 fully saturated rings. The van der Waals surface area contributed by atoms with Gasteiger partial charge >= 0.3 is 0 Å². The first-order chi connectivity index (χ1) is 8.11. The minimum absolute atomic E-state index is 0.307. The minimum Gasteiger partial charge on any atom is -0.387 e. The van der Waals surface area contributed by atoms with Gasteiger partial charge in [-0.25, -0.2) is 0 Å². The van der Waals surface area contributed by atoms with Gasteiger partial charge in [-0.2, -0.15) is 0 Å². The molecule has 1 unspecified atom stereocenters. The molecule has 3 heteroatoms. The highest BCUT2D eigenvalue weighted by Gasteiger charge is 2.21. The van der Waals surface area contributed by atoms with E-state index >= 15 is 0 Å². The van der Waals surface area contributed by atoms with E-state index in [-0.39, 0.29) is 0 Å². The number of nitrogens with zero attached hydrogens (tertiary/aromatic N) is 1. The van der Waals surface area contributed by atoms with Crippen LogP contribution < -0.4 is 0 Å². The van der Waals surface area contributed by atoms with Crippen LogP contribution in [-0.4, -0.2) is 29.4 Å². The summed E-state index contributed by atoms with van der Waals surface area (Å²) in [5.41, 5.74) is 0.966. The van der Waals surface area contributed by atoms with Gasteiger partial charge in [-0.1, -0.05) is 24.3 Å². The largest absolute Gasteiger partial charge is 0.387 e. The summed E-state index contributed by atoms with van der Waals surface area (Å²) in [6, 6.07) is 11.9. The Kier molecular flexibility index (Phi) is 3.41. The van der Waals surface area contributed by atoms with Crippen LogP contribution in [0.1, 0.15) is 12.6 Å². The summed E-state index contributed by atoms with van der Waals surface area (Å²) in [5, 5.41) is 11.2. The van der Waals surface area contributed by atoms with Crippen LogP contribution in [0.25, 0.3) is 10.9 Å². The van der Waals surface area contributed by atoms with Gasteiger partial charge in [-0.3, -0.25) is 4.98 Å². The lowest BCUT2D eigenvalue weighted by Crippen LogP contribution is -2.33. The SMILES string of the molecule is COCC(C)(O)Cc1ccc2ccccc2n1. The summed E-state index contributed by atoms with van der Waals surface area (Å²) >= 11 is 0. The number of hydrogen-bond acceptors (Lipinski definition) is 3. The van der Waals surface area contributed by atoms with E-state index in [0.29, 0.717) is 13.0 Å². The third-order valence-corrected chi connectivity index (χ3v) is 2.67. The monoisotopic (exact) mass is 231 g/mol. The summed E-state index contributed by atoms with van der Waals surface area (Å²) in [6.45, 7) is 2.06. The number of aliphatic hydroxyl groups is 1. The van der Waals surface area contributed by atoms with Crippen molar-refractivity contribution in [3.8, 4) is 0 Å². The Bertz CT molecular complexity index is 508. The highest BCUT2D eigenvalue weighted by atomic mass is 16.5. The smallest absolute Gasteiger partial charge is 0.0907 e. The molecule has 1 aromatic carbocycles. The Labute approximate surface area is 101 Å². The van der Waals surface area contributed by atoms with Gasteiger partial charge < -0.3 is 9.84 Å². The number of hydrogen-bond donors (Lipinski definition) is 1. The number of pyridine rings is 1. The standard InChI is InChI=1S/C14H17NO2/c1-14(16,10-17-2)9-12-8-7-11-5-3-4-6-13(11)15-12/h3-8,16H,9-10H2,1-2H3. The number of para-hydroxylation sites is 1. The lowest BCUT2D eigenvalue weighted by atomic mass is 10.0. The number of methoxy groups -OCH3 is 1. The third-order valence-electron chi connectivity index (χ3n) is 2.67. The second kappa shape index (κ2) is 4.82. The fraction of sp³-hybridized carbons (Fsp3) is 0.357. The van der Waals surface area contributed by atoms with Gasteiger partial charge in [0.25, 0.3) is 0 Å². The predicted octanol–water partition coefficient (Wildman–Crippen LogP) is 2.17. The van der Waals surface area contributed by atoms with Crippen molar-refractivity contribution in [1.82, 2.24) is 4.98 Å². The molecule has 1 atom stereocenters. The maximum Gasteiger partial charge on any atom is 0.0907 e. The molecule has 1 heterocycles. The Morgan fingerprint density at radius 3 is 2.76 bits per heavy atom. The number of ether oxygens (including phenoxy) is 1. The number of benzene rings is 1. The highest BCUT2D eigenvalue weighted by Crippen LogP contribution is 2.16. The van der Waals surface area contributed by atoms with Gasteiger partial charge in [0.15, 0.2) is 0 Å². The van der Waals surface area contributed by atoms with Crippen molar-refractivity contribution in [2.24, 2.45) is 0 Å². The van der Waals surface area contributed by atoms with Gasteiger partial charge in [-0.05, 0) is 19.1 Å². The Hall–Kier alpha value is -1.45. The molecule has 90 valence electrons. The molecule has 0 radical (unpaired) electrons. The van der Waals surface area contributed by atoms with Crippen LogP contribution in [0.3, 0.4) is 0 Å². The third kappa shape index (κ3) is 3.02. The molecular weight excluding hydrogens is 214 g/mol. The number of rotatable bonds is 4. The van der Waals surface area contributed by atoms with Crippen LogP contribution in [0.4, 0.5) is 0 Å². The van der Waals surface area contributed by atoms with Gasteiger partial charge in [0, 0.05) is 24.6 Å². The van der Waals surface area contributed by atoms with Crippen molar-refractivity contribution in [3.63, 3.8) is 0 Å². The molecule has 0 aliphatic heterocycles. The van der Waals surface area contributed by atoms with Crippen LogP contribution >= 0.6 is 0 Å². The molecule has 0 aliphatic carbocycles. The lowest BCUT2D eigenvalue weighted by Gasteiger charge is -2.21. The van der Waals surface area contributed by atoms with Crippen molar-refractivity contribution in [2.75, 3.05) is 13.7 Å². The highest BCUT2D eigenvalue weighted by molar-refractivity contribution is 5.78. The summed E-state index contributed by atoms with van der Waals surface area (Å²) in [7, 11) is 1.59. The zero-order valence-corrected chi connectivity index (χ0v) is 10.2. The first kappa shape index (κ1) is 12.0. The molecule has 0 spiro atoms. The van der Waals surface area contributed by atoms with E-state index in [1.807, 2.05) is 36.4 Å². The van der Waals surface area contributed by atoms with Gasteiger partial charge in [-0.15, -0.1) is 0 Å². The Balaban J connectivity index is 2.25. The Morgan fingerprint density at radius 2 is 2.00 bits per heavy atom. The van der Waals surface area contributed by atoms with Gasteiger partial charge in [0.1, 0.15) is 0 Å². The van der Waals surface area contributed by atoms with E-state index in [4.69, 9.17) is 4.74 Å². The van der Waals surface area contributed by atoms with Crippen molar-refractivity contribution in [2.45, 2.75) is 18.9 Å². The van der Waals surface area contributed by atoms with Crippen LogP contribution in [0.15, 0.2) is 36.4 Å². The van der Waals surface area contributed by atoms with E-state index in [2.05, 4.69) is 4.98 Å². The quantitative estimate of drug-likeness (QED) is 0.877. The zero-order valence-electron chi connectivity index (χ0n) is 10.2. The van der Waals surface area contributed by atoms with Crippen LogP contribution in [-0.2, 0) is 11.2 Å². The zero-order chi connectivity index (χ0) is 12.3. The van der Waals surface area contributed by atoms with Crippen molar-refractivity contribution in [1.29, 1.82) is 0 Å². The average Bonchev–Trinajstić information content (AvgIpc) is 2.28. The molecule has 0 saturated heterocycles. The van der Waals surface area contributed by atoms with E-state index in [0.717, 1.165) is 16.6 Å². The first-order valence-electron chi connectivity index (χ1n) is 5.67. The summed E-state index contributed by atoms with van der Waals surface area (Å²) in [4.78, 5) is 4.53. The molecule has 0 amide bonds. The summed E-state index contributed by atoms with van der Waals surface area (Å²) < 4.78 is 4.99.